The molecule has 8 heteroatoms. The topological polar surface area (TPSA) is 109 Å². The van der Waals surface area contributed by atoms with Gasteiger partial charge in [-0.2, -0.15) is 0 Å². The standard InChI is InChI=1S/C20H20N6O2/c1-12-14-6-3-4-7-15(14)25-13(2)16(12)20(27)28-9-5-8-26-11-24-17-18(21)22-10-23-19(17)26/h3-4,6-7,10-11H,5,8-9H2,1-2H3,(H2,21,22,23). The molecule has 0 aliphatic rings. The highest BCUT2D eigenvalue weighted by molar-refractivity contribution is 5.98. The minimum Gasteiger partial charge on any atom is -0.462 e. The van der Waals surface area contributed by atoms with Gasteiger partial charge < -0.3 is 15.0 Å². The molecule has 0 unspecified atom stereocenters. The fourth-order valence-electron chi connectivity index (χ4n) is 3.37. The molecule has 0 saturated heterocycles. The van der Waals surface area contributed by atoms with Crippen molar-refractivity contribution in [2.45, 2.75) is 26.8 Å². The zero-order chi connectivity index (χ0) is 19.7. The molecule has 0 aliphatic heterocycles. The van der Waals surface area contributed by atoms with Gasteiger partial charge in [0.15, 0.2) is 11.5 Å². The Kier molecular flexibility index (Phi) is 4.60. The molecule has 1 aromatic carbocycles. The van der Waals surface area contributed by atoms with Crippen molar-refractivity contribution in [3.8, 4) is 0 Å². The number of hydrogen-bond donors (Lipinski definition) is 1. The molecule has 2 N–H and O–H groups in total. The smallest absolute Gasteiger partial charge is 0.340 e. The predicted molar refractivity (Wildman–Crippen MR) is 106 cm³/mol. The van der Waals surface area contributed by atoms with Gasteiger partial charge in [-0.1, -0.05) is 18.2 Å². The van der Waals surface area contributed by atoms with Crippen molar-refractivity contribution in [1.82, 2.24) is 24.5 Å². The fourth-order valence-corrected chi connectivity index (χ4v) is 3.37. The van der Waals surface area contributed by atoms with Crippen LogP contribution in [0.25, 0.3) is 22.1 Å². The van der Waals surface area contributed by atoms with Gasteiger partial charge in [0.05, 0.1) is 29.7 Å². The number of ether oxygens (including phenoxy) is 1. The molecule has 0 amide bonds. The lowest BCUT2D eigenvalue weighted by atomic mass is 10.0. The molecule has 3 aromatic heterocycles. The average molecular weight is 376 g/mol. The number of carbonyl (C=O) groups excluding carboxylic acids is 1. The lowest BCUT2D eigenvalue weighted by Crippen LogP contribution is -2.13. The fraction of sp³-hybridized carbons (Fsp3) is 0.250. The maximum Gasteiger partial charge on any atom is 0.340 e. The van der Waals surface area contributed by atoms with Crippen LogP contribution < -0.4 is 5.73 Å². The van der Waals surface area contributed by atoms with Crippen LogP contribution in [-0.2, 0) is 11.3 Å². The summed E-state index contributed by atoms with van der Waals surface area (Å²) in [7, 11) is 0. The van der Waals surface area contributed by atoms with Gasteiger partial charge in [0, 0.05) is 11.9 Å². The van der Waals surface area contributed by atoms with Crippen molar-refractivity contribution in [2.75, 3.05) is 12.3 Å². The maximum absolute atomic E-state index is 12.6. The number of esters is 1. The van der Waals surface area contributed by atoms with Crippen LogP contribution in [0.5, 0.6) is 0 Å². The van der Waals surface area contributed by atoms with E-state index >= 15 is 0 Å². The third-order valence-corrected chi connectivity index (χ3v) is 4.74. The summed E-state index contributed by atoms with van der Waals surface area (Å²) >= 11 is 0. The molecule has 28 heavy (non-hydrogen) atoms. The highest BCUT2D eigenvalue weighted by atomic mass is 16.5. The van der Waals surface area contributed by atoms with Crippen molar-refractivity contribution in [2.24, 2.45) is 0 Å². The zero-order valence-corrected chi connectivity index (χ0v) is 15.7. The second-order valence-electron chi connectivity index (χ2n) is 6.57. The van der Waals surface area contributed by atoms with E-state index in [-0.39, 0.29) is 12.6 Å². The Labute approximate surface area is 161 Å². The molecule has 142 valence electrons. The third-order valence-electron chi connectivity index (χ3n) is 4.74. The van der Waals surface area contributed by atoms with E-state index in [0.29, 0.717) is 41.2 Å². The Morgan fingerprint density at radius 3 is 2.86 bits per heavy atom. The number of hydrogen-bond acceptors (Lipinski definition) is 7. The lowest BCUT2D eigenvalue weighted by Gasteiger charge is -2.12. The molecule has 4 aromatic rings. The molecule has 0 spiro atoms. The van der Waals surface area contributed by atoms with E-state index in [1.165, 1.54) is 6.33 Å². The van der Waals surface area contributed by atoms with Gasteiger partial charge in [-0.25, -0.2) is 19.7 Å². The zero-order valence-electron chi connectivity index (χ0n) is 15.7. The Morgan fingerprint density at radius 1 is 1.18 bits per heavy atom. The van der Waals surface area contributed by atoms with Crippen molar-refractivity contribution in [1.29, 1.82) is 0 Å². The number of carbonyl (C=O) groups is 1. The molecular weight excluding hydrogens is 356 g/mol. The number of nitrogens with zero attached hydrogens (tertiary/aromatic N) is 5. The molecule has 4 rings (SSSR count). The van der Waals surface area contributed by atoms with Crippen LogP contribution in [0.2, 0.25) is 0 Å². The predicted octanol–water partition coefficient (Wildman–Crippen LogP) is 2.82. The molecule has 0 bridgehead atoms. The van der Waals surface area contributed by atoms with Crippen LogP contribution in [0.3, 0.4) is 0 Å². The number of rotatable bonds is 5. The van der Waals surface area contributed by atoms with E-state index in [1.54, 1.807) is 6.33 Å². The number of imidazole rings is 1. The maximum atomic E-state index is 12.6. The van der Waals surface area contributed by atoms with E-state index in [1.807, 2.05) is 42.7 Å². The summed E-state index contributed by atoms with van der Waals surface area (Å²) in [6.07, 6.45) is 3.70. The first-order valence-corrected chi connectivity index (χ1v) is 9.00. The summed E-state index contributed by atoms with van der Waals surface area (Å²) in [6, 6.07) is 7.78. The summed E-state index contributed by atoms with van der Waals surface area (Å²) in [5, 5.41) is 0.960. The SMILES string of the molecule is Cc1nc2ccccc2c(C)c1C(=O)OCCCn1cnc2c(N)ncnc21. The van der Waals surface area contributed by atoms with Gasteiger partial charge >= 0.3 is 5.97 Å². The summed E-state index contributed by atoms with van der Waals surface area (Å²) < 4.78 is 7.37. The molecule has 0 atom stereocenters. The Bertz CT molecular complexity index is 1180. The number of pyridine rings is 1. The van der Waals surface area contributed by atoms with E-state index in [0.717, 1.165) is 16.5 Å². The summed E-state index contributed by atoms with van der Waals surface area (Å²) in [5.74, 6) is 0.000226. The van der Waals surface area contributed by atoms with E-state index in [9.17, 15) is 4.79 Å². The molecule has 0 aliphatic carbocycles. The number of fused-ring (bicyclic) bond motifs is 2. The minimum absolute atomic E-state index is 0.283. The van der Waals surface area contributed by atoms with Crippen molar-refractivity contribution in [3.05, 3.63) is 53.7 Å². The largest absolute Gasteiger partial charge is 0.462 e. The van der Waals surface area contributed by atoms with Gasteiger partial charge in [0.2, 0.25) is 0 Å². The monoisotopic (exact) mass is 376 g/mol. The molecule has 0 fully saturated rings. The van der Waals surface area contributed by atoms with E-state index in [2.05, 4.69) is 19.9 Å². The number of nitrogen functional groups attached to an aromatic ring is 1. The van der Waals surface area contributed by atoms with Crippen LogP contribution in [0.15, 0.2) is 36.9 Å². The Hall–Kier alpha value is -3.55. The lowest BCUT2D eigenvalue weighted by molar-refractivity contribution is 0.0494. The number of aromatic nitrogens is 5. The third kappa shape index (κ3) is 3.13. The van der Waals surface area contributed by atoms with Gasteiger partial charge in [0.1, 0.15) is 11.8 Å². The van der Waals surface area contributed by atoms with Gasteiger partial charge in [0.25, 0.3) is 0 Å². The number of aryl methyl sites for hydroxylation is 3. The first kappa shape index (κ1) is 17.8. The van der Waals surface area contributed by atoms with Crippen LogP contribution in [0.4, 0.5) is 5.82 Å². The highest BCUT2D eigenvalue weighted by Gasteiger charge is 2.17. The normalized spacial score (nSPS) is 11.2. The number of para-hydroxylation sites is 1. The number of nitrogens with two attached hydrogens (primary N) is 1. The molecule has 3 heterocycles. The second-order valence-corrected chi connectivity index (χ2v) is 6.57. The number of benzene rings is 1. The van der Waals surface area contributed by atoms with Gasteiger partial charge in [-0.3, -0.25) is 4.98 Å². The summed E-state index contributed by atoms with van der Waals surface area (Å²) in [6.45, 7) is 4.64. The highest BCUT2D eigenvalue weighted by Crippen LogP contribution is 2.23. The minimum atomic E-state index is -0.352. The number of anilines is 1. The van der Waals surface area contributed by atoms with Gasteiger partial charge in [-0.05, 0) is 31.9 Å². The quantitative estimate of drug-likeness (QED) is 0.421. The van der Waals surface area contributed by atoms with Crippen molar-refractivity contribution >= 4 is 33.9 Å². The Morgan fingerprint density at radius 2 is 2.00 bits per heavy atom. The molecule has 0 radical (unpaired) electrons. The van der Waals surface area contributed by atoms with Crippen molar-refractivity contribution in [3.63, 3.8) is 0 Å². The second kappa shape index (κ2) is 7.22. The first-order valence-electron chi connectivity index (χ1n) is 9.00. The van der Waals surface area contributed by atoms with E-state index < -0.39 is 0 Å². The molecule has 8 nitrogen and oxygen atoms in total. The van der Waals surface area contributed by atoms with Crippen LogP contribution in [-0.4, -0.2) is 37.1 Å². The van der Waals surface area contributed by atoms with Crippen LogP contribution >= 0.6 is 0 Å². The van der Waals surface area contributed by atoms with Crippen LogP contribution in [0.1, 0.15) is 28.0 Å². The average Bonchev–Trinajstić information content (AvgIpc) is 3.10. The molecule has 0 saturated carbocycles. The molecular formula is C20H20N6O2. The van der Waals surface area contributed by atoms with E-state index in [4.69, 9.17) is 10.5 Å². The summed E-state index contributed by atoms with van der Waals surface area (Å²) in [4.78, 5) is 29.5. The Balaban J connectivity index is 1.43. The van der Waals surface area contributed by atoms with Crippen molar-refractivity contribution < 1.29 is 9.53 Å². The van der Waals surface area contributed by atoms with Crippen LogP contribution in [0, 0.1) is 13.8 Å². The summed E-state index contributed by atoms with van der Waals surface area (Å²) in [5.41, 5.74) is 10.0. The van der Waals surface area contributed by atoms with Gasteiger partial charge in [-0.15, -0.1) is 0 Å². The first-order chi connectivity index (χ1) is 13.6.